The van der Waals surface area contributed by atoms with Gasteiger partial charge in [-0.05, 0) is 69.8 Å². The summed E-state index contributed by atoms with van der Waals surface area (Å²) in [6, 6.07) is 19.6. The summed E-state index contributed by atoms with van der Waals surface area (Å²) in [5.41, 5.74) is 3.25. The number of rotatable bonds is 9. The highest BCUT2D eigenvalue weighted by molar-refractivity contribution is 5.71. The maximum Gasteiger partial charge on any atom is 0.354 e. The summed E-state index contributed by atoms with van der Waals surface area (Å²) in [6.07, 6.45) is 3.27. The SMILES string of the molecule is Cc1nc(Oc2ccccc2)c([N+](=O)[O-])c(NCCC2CCN(Cc3ccccc3)CC2)c1C. The summed E-state index contributed by atoms with van der Waals surface area (Å²) >= 11 is 0. The van der Waals surface area contributed by atoms with Gasteiger partial charge in [-0.2, -0.15) is 0 Å². The lowest BCUT2D eigenvalue weighted by Gasteiger charge is -2.32. The predicted molar refractivity (Wildman–Crippen MR) is 134 cm³/mol. The van der Waals surface area contributed by atoms with Crippen LogP contribution < -0.4 is 10.1 Å². The third-order valence-electron chi connectivity index (χ3n) is 6.58. The molecule has 7 nitrogen and oxygen atoms in total. The number of hydrogen-bond donors (Lipinski definition) is 1. The van der Waals surface area contributed by atoms with E-state index in [4.69, 9.17) is 4.74 Å². The fourth-order valence-corrected chi connectivity index (χ4v) is 4.49. The highest BCUT2D eigenvalue weighted by Gasteiger charge is 2.27. The Labute approximate surface area is 200 Å². The molecule has 1 aliphatic heterocycles. The van der Waals surface area contributed by atoms with E-state index >= 15 is 0 Å². The summed E-state index contributed by atoms with van der Waals surface area (Å²) in [4.78, 5) is 18.5. The van der Waals surface area contributed by atoms with Crippen LogP contribution in [-0.2, 0) is 6.54 Å². The Bertz CT molecular complexity index is 1100. The number of ether oxygens (including phenoxy) is 1. The first-order valence-corrected chi connectivity index (χ1v) is 11.9. The number of nitrogens with zero attached hydrogens (tertiary/aromatic N) is 3. The highest BCUT2D eigenvalue weighted by Crippen LogP contribution is 2.39. The van der Waals surface area contributed by atoms with E-state index in [1.165, 1.54) is 5.56 Å². The zero-order chi connectivity index (χ0) is 23.9. The Morgan fingerprint density at radius 3 is 2.35 bits per heavy atom. The number of piperidine rings is 1. The lowest BCUT2D eigenvalue weighted by atomic mass is 9.93. The van der Waals surface area contributed by atoms with Crippen LogP contribution in [0.25, 0.3) is 0 Å². The molecule has 1 aromatic heterocycles. The van der Waals surface area contributed by atoms with E-state index < -0.39 is 4.92 Å². The van der Waals surface area contributed by atoms with Crippen LogP contribution >= 0.6 is 0 Å². The van der Waals surface area contributed by atoms with E-state index in [0.29, 0.717) is 29.6 Å². The molecule has 0 radical (unpaired) electrons. The van der Waals surface area contributed by atoms with Crippen molar-refractivity contribution in [2.75, 3.05) is 25.0 Å². The van der Waals surface area contributed by atoms with Gasteiger partial charge in [0.1, 0.15) is 11.4 Å². The van der Waals surface area contributed by atoms with Gasteiger partial charge < -0.3 is 10.1 Å². The van der Waals surface area contributed by atoms with E-state index in [9.17, 15) is 10.1 Å². The Morgan fingerprint density at radius 1 is 1.06 bits per heavy atom. The molecule has 1 fully saturated rings. The molecule has 34 heavy (non-hydrogen) atoms. The van der Waals surface area contributed by atoms with E-state index in [-0.39, 0.29) is 11.6 Å². The van der Waals surface area contributed by atoms with Crippen molar-refractivity contribution in [2.24, 2.45) is 5.92 Å². The van der Waals surface area contributed by atoms with Crippen molar-refractivity contribution in [1.29, 1.82) is 0 Å². The predicted octanol–water partition coefficient (Wildman–Crippen LogP) is 6.11. The van der Waals surface area contributed by atoms with Crippen LogP contribution in [0.5, 0.6) is 11.6 Å². The second-order valence-corrected chi connectivity index (χ2v) is 8.94. The van der Waals surface area contributed by atoms with Gasteiger partial charge in [-0.1, -0.05) is 48.5 Å². The van der Waals surface area contributed by atoms with Crippen LogP contribution in [0.4, 0.5) is 11.4 Å². The molecule has 7 heteroatoms. The fourth-order valence-electron chi connectivity index (χ4n) is 4.49. The van der Waals surface area contributed by atoms with E-state index in [1.54, 1.807) is 12.1 Å². The third-order valence-corrected chi connectivity index (χ3v) is 6.58. The molecule has 1 N–H and O–H groups in total. The minimum atomic E-state index is -0.401. The standard InChI is InChI=1S/C27H32N4O3/c1-20-21(2)29-27(34-24-11-7-4-8-12-24)26(31(32)33)25(20)28-16-13-22-14-17-30(18-15-22)19-23-9-5-3-6-10-23/h3-12,22H,13-19H2,1-2H3,(H,28,29). The molecule has 0 saturated carbocycles. The van der Waals surface area contributed by atoms with Gasteiger partial charge in [0.25, 0.3) is 0 Å². The molecule has 1 aliphatic rings. The summed E-state index contributed by atoms with van der Waals surface area (Å²) in [5, 5.41) is 15.3. The quantitative estimate of drug-likeness (QED) is 0.306. The zero-order valence-electron chi connectivity index (χ0n) is 19.9. The minimum Gasteiger partial charge on any atom is -0.434 e. The first kappa shape index (κ1) is 23.7. The van der Waals surface area contributed by atoms with Crippen molar-refractivity contribution in [2.45, 2.75) is 39.7 Å². The number of nitrogens with one attached hydrogen (secondary N) is 1. The smallest absolute Gasteiger partial charge is 0.354 e. The number of aryl methyl sites for hydroxylation is 1. The number of para-hydroxylation sites is 1. The number of benzene rings is 2. The minimum absolute atomic E-state index is 0.0241. The Balaban J connectivity index is 1.37. The fraction of sp³-hybridized carbons (Fsp3) is 0.370. The van der Waals surface area contributed by atoms with E-state index in [0.717, 1.165) is 44.5 Å². The lowest BCUT2D eigenvalue weighted by molar-refractivity contribution is -0.385. The Morgan fingerprint density at radius 2 is 1.71 bits per heavy atom. The molecule has 1 saturated heterocycles. The molecule has 0 atom stereocenters. The summed E-state index contributed by atoms with van der Waals surface area (Å²) in [7, 11) is 0. The number of hydrogen-bond acceptors (Lipinski definition) is 6. The molecule has 0 amide bonds. The zero-order valence-corrected chi connectivity index (χ0v) is 19.9. The van der Waals surface area contributed by atoms with Crippen molar-refractivity contribution < 1.29 is 9.66 Å². The number of pyridine rings is 1. The van der Waals surface area contributed by atoms with Crippen molar-refractivity contribution in [3.63, 3.8) is 0 Å². The molecule has 0 bridgehead atoms. The Hall–Kier alpha value is -3.45. The van der Waals surface area contributed by atoms with Gasteiger partial charge >= 0.3 is 11.6 Å². The van der Waals surface area contributed by atoms with Crippen LogP contribution in [0.1, 0.15) is 36.1 Å². The second-order valence-electron chi connectivity index (χ2n) is 8.94. The molecule has 2 heterocycles. The van der Waals surface area contributed by atoms with Gasteiger partial charge in [0.15, 0.2) is 0 Å². The third kappa shape index (κ3) is 5.91. The number of likely N-dealkylation sites (tertiary alicyclic amines) is 1. The topological polar surface area (TPSA) is 80.5 Å². The highest BCUT2D eigenvalue weighted by atomic mass is 16.6. The van der Waals surface area contributed by atoms with Gasteiger partial charge in [-0.25, -0.2) is 4.98 Å². The average molecular weight is 461 g/mol. The molecular formula is C27H32N4O3. The van der Waals surface area contributed by atoms with E-state index in [2.05, 4.69) is 45.5 Å². The van der Waals surface area contributed by atoms with Gasteiger partial charge in [0, 0.05) is 24.3 Å². The molecule has 3 aromatic rings. The van der Waals surface area contributed by atoms with Crippen LogP contribution in [0.2, 0.25) is 0 Å². The molecule has 4 rings (SSSR count). The van der Waals surface area contributed by atoms with Crippen LogP contribution in [0.15, 0.2) is 60.7 Å². The van der Waals surface area contributed by atoms with E-state index in [1.807, 2.05) is 32.0 Å². The van der Waals surface area contributed by atoms with Crippen LogP contribution in [0, 0.1) is 29.9 Å². The molecular weight excluding hydrogens is 428 g/mol. The molecule has 0 unspecified atom stereocenters. The lowest BCUT2D eigenvalue weighted by Crippen LogP contribution is -2.33. The molecule has 178 valence electrons. The van der Waals surface area contributed by atoms with Crippen LogP contribution in [-0.4, -0.2) is 34.4 Å². The van der Waals surface area contributed by atoms with Crippen molar-refractivity contribution in [1.82, 2.24) is 9.88 Å². The van der Waals surface area contributed by atoms with Gasteiger partial charge in [0.2, 0.25) is 0 Å². The molecule has 0 aliphatic carbocycles. The number of anilines is 1. The van der Waals surface area contributed by atoms with Crippen molar-refractivity contribution in [3.8, 4) is 11.6 Å². The maximum atomic E-state index is 12.0. The van der Waals surface area contributed by atoms with Crippen molar-refractivity contribution in [3.05, 3.63) is 87.6 Å². The van der Waals surface area contributed by atoms with Crippen LogP contribution in [0.3, 0.4) is 0 Å². The second kappa shape index (κ2) is 11.1. The number of aromatic nitrogens is 1. The van der Waals surface area contributed by atoms with Gasteiger partial charge in [0.05, 0.1) is 4.92 Å². The van der Waals surface area contributed by atoms with Gasteiger partial charge in [-0.15, -0.1) is 0 Å². The normalized spacial score (nSPS) is 14.6. The molecule has 2 aromatic carbocycles. The summed E-state index contributed by atoms with van der Waals surface area (Å²) in [5.74, 6) is 1.16. The number of nitro groups is 1. The largest absolute Gasteiger partial charge is 0.434 e. The average Bonchev–Trinajstić information content (AvgIpc) is 2.84. The first-order chi connectivity index (χ1) is 16.5. The maximum absolute atomic E-state index is 12.0. The monoisotopic (exact) mass is 460 g/mol. The summed E-state index contributed by atoms with van der Waals surface area (Å²) in [6.45, 7) is 7.57. The Kier molecular flexibility index (Phi) is 7.75. The first-order valence-electron chi connectivity index (χ1n) is 11.9. The van der Waals surface area contributed by atoms with Crippen molar-refractivity contribution >= 4 is 11.4 Å². The summed E-state index contributed by atoms with van der Waals surface area (Å²) < 4.78 is 5.81. The van der Waals surface area contributed by atoms with Gasteiger partial charge in [-0.3, -0.25) is 15.0 Å². The molecule has 0 spiro atoms.